The molecule has 0 spiro atoms. The fourth-order valence-corrected chi connectivity index (χ4v) is 1.99. The van der Waals surface area contributed by atoms with Crippen LogP contribution in [0.1, 0.15) is 20.8 Å². The summed E-state index contributed by atoms with van der Waals surface area (Å²) in [5.74, 6) is 0.915. The van der Waals surface area contributed by atoms with Gasteiger partial charge < -0.3 is 9.16 Å². The van der Waals surface area contributed by atoms with Gasteiger partial charge in [-0.3, -0.25) is 0 Å². The molecule has 0 aliphatic carbocycles. The van der Waals surface area contributed by atoms with Crippen molar-refractivity contribution in [2.75, 3.05) is 13.2 Å². The summed E-state index contributed by atoms with van der Waals surface area (Å²) in [5, 5.41) is 0.368. The molecular weight excluding hydrogens is 204 g/mol. The van der Waals surface area contributed by atoms with Crippen LogP contribution in [-0.2, 0) is 4.43 Å². The number of ether oxygens (including phenoxy) is 1. The van der Waals surface area contributed by atoms with Gasteiger partial charge in [0.05, 0.1) is 6.61 Å². The summed E-state index contributed by atoms with van der Waals surface area (Å²) in [5.41, 5.74) is 0. The van der Waals surface area contributed by atoms with Crippen molar-refractivity contribution in [2.24, 2.45) is 0 Å². The highest BCUT2D eigenvalue weighted by atomic mass is 28.2. The Kier molecular flexibility index (Phi) is 4.85. The summed E-state index contributed by atoms with van der Waals surface area (Å²) in [6.07, 6.45) is 0. The first-order valence-corrected chi connectivity index (χ1v) is 6.62. The molecule has 3 heteroatoms. The summed E-state index contributed by atoms with van der Waals surface area (Å²) in [6, 6.07) is 9.85. The van der Waals surface area contributed by atoms with Crippen molar-refractivity contribution in [2.45, 2.75) is 25.8 Å². The Morgan fingerprint density at radius 2 is 1.73 bits per heavy atom. The Morgan fingerprint density at radius 1 is 1.07 bits per heavy atom. The van der Waals surface area contributed by atoms with Crippen LogP contribution < -0.4 is 4.74 Å². The Bertz CT molecular complexity index is 267. The lowest BCUT2D eigenvalue weighted by atomic mass is 10.3. The minimum absolute atomic E-state index is 0.368. The Labute approximate surface area is 94.5 Å². The second-order valence-corrected chi connectivity index (χ2v) is 7.59. The fourth-order valence-electron chi connectivity index (χ4n) is 1.11. The molecule has 0 amide bonds. The first kappa shape index (κ1) is 12.3. The molecule has 0 aliphatic rings. The van der Waals surface area contributed by atoms with E-state index in [4.69, 9.17) is 9.16 Å². The molecule has 0 atom stereocenters. The molecule has 84 valence electrons. The van der Waals surface area contributed by atoms with Gasteiger partial charge in [-0.25, -0.2) is 0 Å². The van der Waals surface area contributed by atoms with Crippen LogP contribution >= 0.6 is 0 Å². The summed E-state index contributed by atoms with van der Waals surface area (Å²) in [7, 11) is -0.431. The van der Waals surface area contributed by atoms with Gasteiger partial charge in [-0.05, 0) is 17.2 Å². The molecule has 0 fully saturated rings. The van der Waals surface area contributed by atoms with Crippen LogP contribution in [0.4, 0.5) is 0 Å². The van der Waals surface area contributed by atoms with Crippen LogP contribution in [0.15, 0.2) is 30.3 Å². The molecule has 0 aliphatic heterocycles. The molecule has 0 N–H and O–H groups in total. The number of benzene rings is 1. The van der Waals surface area contributed by atoms with Gasteiger partial charge in [0, 0.05) is 0 Å². The predicted molar refractivity (Wildman–Crippen MR) is 66.1 cm³/mol. The van der Waals surface area contributed by atoms with E-state index in [1.54, 1.807) is 0 Å². The maximum atomic E-state index is 5.63. The molecule has 2 nitrogen and oxygen atoms in total. The van der Waals surface area contributed by atoms with Gasteiger partial charge in [-0.2, -0.15) is 0 Å². The van der Waals surface area contributed by atoms with Crippen LogP contribution in [0.5, 0.6) is 5.75 Å². The molecule has 1 aromatic carbocycles. The van der Waals surface area contributed by atoms with E-state index in [2.05, 4.69) is 20.8 Å². The van der Waals surface area contributed by atoms with Crippen LogP contribution in [0.3, 0.4) is 0 Å². The topological polar surface area (TPSA) is 18.5 Å². The van der Waals surface area contributed by atoms with Crippen molar-refractivity contribution >= 4 is 9.76 Å². The zero-order valence-corrected chi connectivity index (χ0v) is 11.2. The van der Waals surface area contributed by atoms with E-state index in [0.717, 1.165) is 5.75 Å². The molecular formula is C12H20O2Si. The maximum Gasteiger partial charge on any atom is 0.167 e. The van der Waals surface area contributed by atoms with E-state index in [-0.39, 0.29) is 0 Å². The van der Waals surface area contributed by atoms with Gasteiger partial charge in [-0.15, -0.1) is 0 Å². The number of rotatable bonds is 5. The molecule has 0 heterocycles. The molecule has 1 aromatic rings. The monoisotopic (exact) mass is 224 g/mol. The molecule has 1 rings (SSSR count). The lowest BCUT2D eigenvalue weighted by molar-refractivity contribution is 0.218. The third kappa shape index (κ3) is 6.31. The Hall–Kier alpha value is -0.803. The lowest BCUT2D eigenvalue weighted by Gasteiger charge is -2.17. The first-order chi connectivity index (χ1) is 7.08. The highest BCUT2D eigenvalue weighted by Crippen LogP contribution is 2.19. The van der Waals surface area contributed by atoms with Crippen molar-refractivity contribution in [1.82, 2.24) is 0 Å². The molecule has 0 saturated heterocycles. The Balaban J connectivity index is 2.08. The van der Waals surface area contributed by atoms with Crippen LogP contribution in [0, 0.1) is 0 Å². The van der Waals surface area contributed by atoms with E-state index in [0.29, 0.717) is 18.3 Å². The number of hydrogen-bond donors (Lipinski definition) is 0. The van der Waals surface area contributed by atoms with Gasteiger partial charge in [0.25, 0.3) is 0 Å². The summed E-state index contributed by atoms with van der Waals surface area (Å²) in [4.78, 5) is 0. The van der Waals surface area contributed by atoms with Gasteiger partial charge >= 0.3 is 0 Å². The van der Waals surface area contributed by atoms with E-state index >= 15 is 0 Å². The van der Waals surface area contributed by atoms with Gasteiger partial charge in [0.15, 0.2) is 9.76 Å². The summed E-state index contributed by atoms with van der Waals surface area (Å²) in [6.45, 7) is 8.01. The largest absolute Gasteiger partial charge is 0.491 e. The quantitative estimate of drug-likeness (QED) is 0.565. The van der Waals surface area contributed by atoms with Crippen LogP contribution in [0.2, 0.25) is 5.04 Å². The molecule has 0 bridgehead atoms. The smallest absolute Gasteiger partial charge is 0.167 e. The van der Waals surface area contributed by atoms with E-state index < -0.39 is 9.76 Å². The van der Waals surface area contributed by atoms with Gasteiger partial charge in [0.1, 0.15) is 12.4 Å². The van der Waals surface area contributed by atoms with Crippen LogP contribution in [0.25, 0.3) is 0 Å². The average molecular weight is 224 g/mol. The van der Waals surface area contributed by atoms with Crippen LogP contribution in [-0.4, -0.2) is 23.0 Å². The number of para-hydroxylation sites is 1. The SMILES string of the molecule is CC(C)(C)[SiH2]OCCOc1ccccc1. The third-order valence-corrected chi connectivity index (χ3v) is 3.13. The maximum absolute atomic E-state index is 5.63. The minimum Gasteiger partial charge on any atom is -0.491 e. The average Bonchev–Trinajstić information content (AvgIpc) is 2.17. The first-order valence-electron chi connectivity index (χ1n) is 5.33. The second kappa shape index (κ2) is 5.93. The van der Waals surface area contributed by atoms with E-state index in [9.17, 15) is 0 Å². The molecule has 0 saturated carbocycles. The van der Waals surface area contributed by atoms with Crippen molar-refractivity contribution < 1.29 is 9.16 Å². The zero-order valence-electron chi connectivity index (χ0n) is 9.82. The second-order valence-electron chi connectivity index (χ2n) is 4.77. The predicted octanol–water partition coefficient (Wildman–Crippen LogP) is 2.38. The van der Waals surface area contributed by atoms with Crippen molar-refractivity contribution in [3.63, 3.8) is 0 Å². The minimum atomic E-state index is -0.431. The van der Waals surface area contributed by atoms with Crippen molar-refractivity contribution in [1.29, 1.82) is 0 Å². The van der Waals surface area contributed by atoms with E-state index in [1.165, 1.54) is 0 Å². The highest BCUT2D eigenvalue weighted by Gasteiger charge is 2.10. The Morgan fingerprint density at radius 3 is 2.33 bits per heavy atom. The molecule has 0 unspecified atom stereocenters. The van der Waals surface area contributed by atoms with Crippen molar-refractivity contribution in [3.8, 4) is 5.75 Å². The van der Waals surface area contributed by atoms with Crippen molar-refractivity contribution in [3.05, 3.63) is 30.3 Å². The number of hydrogen-bond acceptors (Lipinski definition) is 2. The molecule has 0 radical (unpaired) electrons. The molecule has 15 heavy (non-hydrogen) atoms. The highest BCUT2D eigenvalue weighted by molar-refractivity contribution is 6.31. The summed E-state index contributed by atoms with van der Waals surface area (Å²) < 4.78 is 11.2. The zero-order chi connectivity index (χ0) is 11.1. The third-order valence-electron chi connectivity index (χ3n) is 1.77. The van der Waals surface area contributed by atoms with Gasteiger partial charge in [-0.1, -0.05) is 39.0 Å². The van der Waals surface area contributed by atoms with Gasteiger partial charge in [0.2, 0.25) is 0 Å². The standard InChI is InChI=1S/C12H20O2Si/c1-12(2,3)15-14-10-9-13-11-7-5-4-6-8-11/h4-8H,9-10,15H2,1-3H3. The van der Waals surface area contributed by atoms with E-state index in [1.807, 2.05) is 30.3 Å². The summed E-state index contributed by atoms with van der Waals surface area (Å²) >= 11 is 0. The lowest BCUT2D eigenvalue weighted by Crippen LogP contribution is -2.16. The fraction of sp³-hybridized carbons (Fsp3) is 0.500. The normalized spacial score (nSPS) is 12.2. The molecule has 0 aromatic heterocycles.